The second-order valence-electron chi connectivity index (χ2n) is 4.72. The third kappa shape index (κ3) is 2.94. The number of anilines is 1. The standard InChI is InChI=1S/C13H19ClFN3/c1-16-9-10-7-11(8-12(14)13(10)15)18-5-3-17(2)4-6-18/h7-8,16H,3-6,9H2,1-2H3. The molecular weight excluding hydrogens is 253 g/mol. The first-order chi connectivity index (χ1) is 8.61. The van der Waals surface area contributed by atoms with Crippen LogP contribution in [0.15, 0.2) is 12.1 Å². The number of nitrogens with one attached hydrogen (secondary N) is 1. The van der Waals surface area contributed by atoms with Crippen LogP contribution in [-0.4, -0.2) is 45.2 Å². The Morgan fingerprint density at radius 2 is 1.94 bits per heavy atom. The van der Waals surface area contributed by atoms with E-state index >= 15 is 0 Å². The molecule has 18 heavy (non-hydrogen) atoms. The predicted octanol–water partition coefficient (Wildman–Crippen LogP) is 1.95. The zero-order chi connectivity index (χ0) is 13.1. The number of piperazine rings is 1. The molecule has 0 spiro atoms. The fourth-order valence-corrected chi connectivity index (χ4v) is 2.43. The van der Waals surface area contributed by atoms with Gasteiger partial charge in [0.2, 0.25) is 0 Å². The van der Waals surface area contributed by atoms with E-state index in [-0.39, 0.29) is 10.8 Å². The summed E-state index contributed by atoms with van der Waals surface area (Å²) in [4.78, 5) is 4.54. The van der Waals surface area contributed by atoms with Gasteiger partial charge in [0, 0.05) is 44.0 Å². The van der Waals surface area contributed by atoms with Crippen LogP contribution in [0.5, 0.6) is 0 Å². The Labute approximate surface area is 113 Å². The minimum atomic E-state index is -0.316. The molecular formula is C13H19ClFN3. The van der Waals surface area contributed by atoms with Gasteiger partial charge in [0.15, 0.2) is 0 Å². The van der Waals surface area contributed by atoms with Crippen molar-refractivity contribution in [2.45, 2.75) is 6.54 Å². The fourth-order valence-electron chi connectivity index (χ4n) is 2.20. The Bertz CT molecular complexity index is 417. The summed E-state index contributed by atoms with van der Waals surface area (Å²) in [6, 6.07) is 3.62. The monoisotopic (exact) mass is 271 g/mol. The lowest BCUT2D eigenvalue weighted by molar-refractivity contribution is 0.313. The Kier molecular flexibility index (Phi) is 4.43. The van der Waals surface area contributed by atoms with Crippen molar-refractivity contribution in [1.82, 2.24) is 10.2 Å². The zero-order valence-electron chi connectivity index (χ0n) is 10.8. The summed E-state index contributed by atoms with van der Waals surface area (Å²) >= 11 is 5.96. The van der Waals surface area contributed by atoms with Crippen molar-refractivity contribution in [3.63, 3.8) is 0 Å². The lowest BCUT2D eigenvalue weighted by Crippen LogP contribution is -2.44. The first-order valence-electron chi connectivity index (χ1n) is 6.18. The first-order valence-corrected chi connectivity index (χ1v) is 6.55. The average molecular weight is 272 g/mol. The zero-order valence-corrected chi connectivity index (χ0v) is 11.6. The Hall–Kier alpha value is -0.840. The molecule has 1 saturated heterocycles. The summed E-state index contributed by atoms with van der Waals surface area (Å²) in [5.41, 5.74) is 1.64. The second kappa shape index (κ2) is 5.87. The van der Waals surface area contributed by atoms with E-state index < -0.39 is 0 Å². The average Bonchev–Trinajstić information content (AvgIpc) is 2.36. The molecule has 0 unspecified atom stereocenters. The van der Waals surface area contributed by atoms with Crippen LogP contribution in [0.25, 0.3) is 0 Å². The minimum Gasteiger partial charge on any atom is -0.369 e. The summed E-state index contributed by atoms with van der Waals surface area (Å²) < 4.78 is 13.8. The number of rotatable bonds is 3. The van der Waals surface area contributed by atoms with Gasteiger partial charge in [-0.2, -0.15) is 0 Å². The van der Waals surface area contributed by atoms with Gasteiger partial charge in [-0.15, -0.1) is 0 Å². The van der Waals surface area contributed by atoms with Gasteiger partial charge in [0.05, 0.1) is 5.02 Å². The molecule has 0 saturated carbocycles. The Morgan fingerprint density at radius 1 is 1.28 bits per heavy atom. The third-order valence-electron chi connectivity index (χ3n) is 3.32. The van der Waals surface area contributed by atoms with Crippen molar-refractivity contribution >= 4 is 17.3 Å². The Balaban J connectivity index is 2.22. The van der Waals surface area contributed by atoms with Crippen LogP contribution in [0, 0.1) is 5.82 Å². The van der Waals surface area contributed by atoms with Gasteiger partial charge >= 0.3 is 0 Å². The maximum Gasteiger partial charge on any atom is 0.146 e. The predicted molar refractivity (Wildman–Crippen MR) is 73.9 cm³/mol. The maximum absolute atomic E-state index is 13.8. The lowest BCUT2D eigenvalue weighted by atomic mass is 10.1. The van der Waals surface area contributed by atoms with E-state index in [9.17, 15) is 4.39 Å². The number of benzene rings is 1. The van der Waals surface area contributed by atoms with Crippen LogP contribution < -0.4 is 10.2 Å². The molecule has 1 aliphatic heterocycles. The number of hydrogen-bond donors (Lipinski definition) is 1. The van der Waals surface area contributed by atoms with Crippen LogP contribution in [0.4, 0.5) is 10.1 Å². The van der Waals surface area contributed by atoms with Crippen molar-refractivity contribution < 1.29 is 4.39 Å². The molecule has 1 aromatic carbocycles. The van der Waals surface area contributed by atoms with Crippen LogP contribution >= 0.6 is 11.6 Å². The molecule has 0 aliphatic carbocycles. The number of nitrogens with zero attached hydrogens (tertiary/aromatic N) is 2. The fraction of sp³-hybridized carbons (Fsp3) is 0.538. The summed E-state index contributed by atoms with van der Waals surface area (Å²) in [5, 5.41) is 3.17. The molecule has 100 valence electrons. The molecule has 0 amide bonds. The molecule has 0 radical (unpaired) electrons. The molecule has 1 aromatic rings. The van der Waals surface area contributed by atoms with E-state index in [1.54, 1.807) is 13.1 Å². The van der Waals surface area contributed by atoms with E-state index in [4.69, 9.17) is 11.6 Å². The van der Waals surface area contributed by atoms with Gasteiger partial charge in [-0.1, -0.05) is 11.6 Å². The molecule has 1 heterocycles. The molecule has 3 nitrogen and oxygen atoms in total. The quantitative estimate of drug-likeness (QED) is 0.907. The number of halogens is 2. The minimum absolute atomic E-state index is 0.205. The Morgan fingerprint density at radius 3 is 2.56 bits per heavy atom. The van der Waals surface area contributed by atoms with Crippen molar-refractivity contribution in [2.24, 2.45) is 0 Å². The topological polar surface area (TPSA) is 18.5 Å². The highest BCUT2D eigenvalue weighted by molar-refractivity contribution is 6.31. The van der Waals surface area contributed by atoms with Gasteiger partial charge in [-0.3, -0.25) is 0 Å². The van der Waals surface area contributed by atoms with Gasteiger partial charge in [0.1, 0.15) is 5.82 Å². The highest BCUT2D eigenvalue weighted by atomic mass is 35.5. The van der Waals surface area contributed by atoms with Crippen LogP contribution in [0.1, 0.15) is 5.56 Å². The molecule has 0 atom stereocenters. The summed E-state index contributed by atoms with van der Waals surface area (Å²) in [6.07, 6.45) is 0. The van der Waals surface area contributed by atoms with E-state index in [2.05, 4.69) is 22.2 Å². The van der Waals surface area contributed by atoms with Gasteiger partial charge in [0.25, 0.3) is 0 Å². The van der Waals surface area contributed by atoms with Crippen molar-refractivity contribution in [1.29, 1.82) is 0 Å². The summed E-state index contributed by atoms with van der Waals surface area (Å²) in [6.45, 7) is 4.45. The normalized spacial score (nSPS) is 17.2. The van der Waals surface area contributed by atoms with Crippen molar-refractivity contribution in [3.8, 4) is 0 Å². The number of hydrogen-bond acceptors (Lipinski definition) is 3. The molecule has 2 rings (SSSR count). The number of likely N-dealkylation sites (N-methyl/N-ethyl adjacent to an activating group) is 1. The van der Waals surface area contributed by atoms with Crippen LogP contribution in [0.2, 0.25) is 5.02 Å². The van der Waals surface area contributed by atoms with Gasteiger partial charge in [-0.25, -0.2) is 4.39 Å². The molecule has 5 heteroatoms. The van der Waals surface area contributed by atoms with Crippen molar-refractivity contribution in [3.05, 3.63) is 28.5 Å². The summed E-state index contributed by atoms with van der Waals surface area (Å²) in [7, 11) is 3.91. The second-order valence-corrected chi connectivity index (χ2v) is 5.13. The smallest absolute Gasteiger partial charge is 0.146 e. The van der Waals surface area contributed by atoms with E-state index in [1.807, 2.05) is 6.07 Å². The van der Waals surface area contributed by atoms with Crippen LogP contribution in [-0.2, 0) is 6.54 Å². The van der Waals surface area contributed by atoms with Crippen LogP contribution in [0.3, 0.4) is 0 Å². The first kappa shape index (κ1) is 13.6. The molecule has 1 fully saturated rings. The third-order valence-corrected chi connectivity index (χ3v) is 3.60. The SMILES string of the molecule is CNCc1cc(N2CCN(C)CC2)cc(Cl)c1F. The largest absolute Gasteiger partial charge is 0.369 e. The highest BCUT2D eigenvalue weighted by Crippen LogP contribution is 2.27. The van der Waals surface area contributed by atoms with Crippen molar-refractivity contribution in [2.75, 3.05) is 45.2 Å². The van der Waals surface area contributed by atoms with E-state index in [0.717, 1.165) is 31.9 Å². The highest BCUT2D eigenvalue weighted by Gasteiger charge is 2.17. The molecule has 0 bridgehead atoms. The lowest BCUT2D eigenvalue weighted by Gasteiger charge is -2.34. The van der Waals surface area contributed by atoms with E-state index in [0.29, 0.717) is 12.1 Å². The molecule has 1 aliphatic rings. The molecule has 0 aromatic heterocycles. The van der Waals surface area contributed by atoms with Gasteiger partial charge < -0.3 is 15.1 Å². The maximum atomic E-state index is 13.8. The molecule has 1 N–H and O–H groups in total. The van der Waals surface area contributed by atoms with E-state index in [1.165, 1.54) is 0 Å². The summed E-state index contributed by atoms with van der Waals surface area (Å²) in [5.74, 6) is -0.316. The van der Waals surface area contributed by atoms with Gasteiger partial charge in [-0.05, 0) is 26.2 Å².